The first-order chi connectivity index (χ1) is 9.95. The molecule has 1 aromatic rings. The number of urea groups is 1. The summed E-state index contributed by atoms with van der Waals surface area (Å²) in [4.78, 5) is 24.5. The molecule has 0 aliphatic heterocycles. The Morgan fingerprint density at radius 1 is 1.43 bits per heavy atom. The average molecular weight is 353 g/mol. The van der Waals surface area contributed by atoms with Crippen molar-refractivity contribution in [2.45, 2.75) is 19.0 Å². The molecule has 1 aliphatic carbocycles. The SMILES string of the molecule is CN(Cc1cccc(Br)c1)C(=O)NC1C=CC(C(=O)O)C1. The van der Waals surface area contributed by atoms with Gasteiger partial charge in [-0.1, -0.05) is 40.2 Å². The maximum absolute atomic E-state index is 12.1. The highest BCUT2D eigenvalue weighted by Crippen LogP contribution is 2.18. The Labute approximate surface area is 131 Å². The second-order valence-corrected chi connectivity index (χ2v) is 6.02. The zero-order valence-electron chi connectivity index (χ0n) is 11.6. The van der Waals surface area contributed by atoms with Gasteiger partial charge in [-0.05, 0) is 24.1 Å². The molecule has 0 heterocycles. The topological polar surface area (TPSA) is 69.6 Å². The Morgan fingerprint density at radius 2 is 2.19 bits per heavy atom. The first-order valence-corrected chi connectivity index (χ1v) is 7.42. The number of carboxylic acids is 1. The maximum Gasteiger partial charge on any atom is 0.317 e. The lowest BCUT2D eigenvalue weighted by Gasteiger charge is -2.21. The van der Waals surface area contributed by atoms with Crippen LogP contribution in [0.2, 0.25) is 0 Å². The first-order valence-electron chi connectivity index (χ1n) is 6.63. The number of aliphatic carboxylic acids is 1. The van der Waals surface area contributed by atoms with Gasteiger partial charge in [0.25, 0.3) is 0 Å². The van der Waals surface area contributed by atoms with Crippen LogP contribution in [-0.2, 0) is 11.3 Å². The van der Waals surface area contributed by atoms with E-state index >= 15 is 0 Å². The number of nitrogens with zero attached hydrogens (tertiary/aromatic N) is 1. The molecular weight excluding hydrogens is 336 g/mol. The largest absolute Gasteiger partial charge is 0.481 e. The number of hydrogen-bond acceptors (Lipinski definition) is 2. The molecule has 6 heteroatoms. The normalized spacial score (nSPS) is 20.3. The van der Waals surface area contributed by atoms with Crippen LogP contribution in [0.5, 0.6) is 0 Å². The molecule has 5 nitrogen and oxygen atoms in total. The van der Waals surface area contributed by atoms with Crippen LogP contribution >= 0.6 is 15.9 Å². The second kappa shape index (κ2) is 6.76. The summed E-state index contributed by atoms with van der Waals surface area (Å²) in [7, 11) is 1.71. The van der Waals surface area contributed by atoms with Crippen LogP contribution in [0.15, 0.2) is 40.9 Å². The van der Waals surface area contributed by atoms with Gasteiger partial charge in [0.15, 0.2) is 0 Å². The van der Waals surface area contributed by atoms with Gasteiger partial charge < -0.3 is 15.3 Å². The Kier molecular flexibility index (Phi) is 5.01. The van der Waals surface area contributed by atoms with E-state index in [4.69, 9.17) is 5.11 Å². The summed E-state index contributed by atoms with van der Waals surface area (Å²) in [5.74, 6) is -1.36. The fourth-order valence-corrected chi connectivity index (χ4v) is 2.69. The zero-order valence-corrected chi connectivity index (χ0v) is 13.2. The minimum absolute atomic E-state index is 0.212. The summed E-state index contributed by atoms with van der Waals surface area (Å²) in [6, 6.07) is 7.32. The van der Waals surface area contributed by atoms with Gasteiger partial charge in [0.05, 0.1) is 12.0 Å². The molecule has 2 rings (SSSR count). The van der Waals surface area contributed by atoms with Gasteiger partial charge in [0.1, 0.15) is 0 Å². The van der Waals surface area contributed by atoms with Gasteiger partial charge in [-0.15, -0.1) is 0 Å². The highest BCUT2D eigenvalue weighted by molar-refractivity contribution is 9.10. The zero-order chi connectivity index (χ0) is 15.4. The molecule has 0 saturated heterocycles. The number of halogens is 1. The number of carboxylic acid groups (broad SMARTS) is 1. The van der Waals surface area contributed by atoms with E-state index in [0.717, 1.165) is 10.0 Å². The fourth-order valence-electron chi connectivity index (χ4n) is 2.24. The molecule has 2 N–H and O–H groups in total. The predicted octanol–water partition coefficient (Wildman–Crippen LogP) is 2.62. The van der Waals surface area contributed by atoms with Crippen LogP contribution < -0.4 is 5.32 Å². The van der Waals surface area contributed by atoms with E-state index in [2.05, 4.69) is 21.2 Å². The molecule has 0 saturated carbocycles. The molecule has 0 radical (unpaired) electrons. The average Bonchev–Trinajstić information content (AvgIpc) is 2.87. The minimum atomic E-state index is -0.856. The Morgan fingerprint density at radius 3 is 2.81 bits per heavy atom. The number of carbonyl (C=O) groups is 2. The van der Waals surface area contributed by atoms with Crippen molar-refractivity contribution >= 4 is 27.9 Å². The van der Waals surface area contributed by atoms with Gasteiger partial charge in [-0.3, -0.25) is 4.79 Å². The Bertz CT molecular complexity index is 574. The number of nitrogens with one attached hydrogen (secondary N) is 1. The van der Waals surface area contributed by atoms with Crippen LogP contribution in [0.25, 0.3) is 0 Å². The highest BCUT2D eigenvalue weighted by Gasteiger charge is 2.26. The van der Waals surface area contributed by atoms with Crippen molar-refractivity contribution in [1.29, 1.82) is 0 Å². The van der Waals surface area contributed by atoms with Crippen molar-refractivity contribution in [3.63, 3.8) is 0 Å². The maximum atomic E-state index is 12.1. The molecular formula is C15H17BrN2O3. The van der Waals surface area contributed by atoms with Gasteiger partial charge in [0, 0.05) is 18.1 Å². The van der Waals surface area contributed by atoms with E-state index in [1.807, 2.05) is 24.3 Å². The summed E-state index contributed by atoms with van der Waals surface area (Å²) < 4.78 is 0.969. The summed E-state index contributed by atoms with van der Waals surface area (Å²) in [5.41, 5.74) is 1.02. The molecule has 2 amide bonds. The third-order valence-electron chi connectivity index (χ3n) is 3.37. The molecule has 1 aromatic carbocycles. The van der Waals surface area contributed by atoms with Crippen molar-refractivity contribution in [1.82, 2.24) is 10.2 Å². The quantitative estimate of drug-likeness (QED) is 0.818. The molecule has 0 fully saturated rings. The summed E-state index contributed by atoms with van der Waals surface area (Å²) in [6.45, 7) is 0.490. The predicted molar refractivity (Wildman–Crippen MR) is 82.8 cm³/mol. The van der Waals surface area contributed by atoms with Crippen LogP contribution in [-0.4, -0.2) is 35.1 Å². The van der Waals surface area contributed by atoms with E-state index in [9.17, 15) is 9.59 Å². The lowest BCUT2D eigenvalue weighted by Crippen LogP contribution is -2.41. The van der Waals surface area contributed by atoms with Crippen LogP contribution in [0, 0.1) is 5.92 Å². The number of benzene rings is 1. The van der Waals surface area contributed by atoms with E-state index < -0.39 is 11.9 Å². The van der Waals surface area contributed by atoms with E-state index in [-0.39, 0.29) is 12.1 Å². The van der Waals surface area contributed by atoms with E-state index in [1.165, 1.54) is 0 Å². The Balaban J connectivity index is 1.86. The van der Waals surface area contributed by atoms with Gasteiger partial charge >= 0.3 is 12.0 Å². The standard InChI is InChI=1S/C15H17BrN2O3/c1-18(9-10-3-2-4-12(16)7-10)15(21)17-13-6-5-11(8-13)14(19)20/h2-7,11,13H,8-9H2,1H3,(H,17,21)(H,19,20). The van der Waals surface area contributed by atoms with Crippen molar-refractivity contribution in [3.8, 4) is 0 Å². The van der Waals surface area contributed by atoms with Crippen molar-refractivity contribution in [3.05, 3.63) is 46.5 Å². The van der Waals surface area contributed by atoms with Gasteiger partial charge in [-0.25, -0.2) is 4.79 Å². The molecule has 0 aromatic heterocycles. The van der Waals surface area contributed by atoms with E-state index in [0.29, 0.717) is 13.0 Å². The summed E-state index contributed by atoms with van der Waals surface area (Å²) >= 11 is 3.40. The second-order valence-electron chi connectivity index (χ2n) is 5.11. The monoisotopic (exact) mass is 352 g/mol. The van der Waals surface area contributed by atoms with Crippen LogP contribution in [0.4, 0.5) is 4.79 Å². The third-order valence-corrected chi connectivity index (χ3v) is 3.86. The molecule has 0 spiro atoms. The molecule has 2 atom stereocenters. The number of hydrogen-bond donors (Lipinski definition) is 2. The first kappa shape index (κ1) is 15.6. The molecule has 112 valence electrons. The smallest absolute Gasteiger partial charge is 0.317 e. The summed E-state index contributed by atoms with van der Waals surface area (Å²) in [6.07, 6.45) is 3.77. The number of amides is 2. The van der Waals surface area contributed by atoms with Crippen molar-refractivity contribution in [2.24, 2.45) is 5.92 Å². The third kappa shape index (κ3) is 4.32. The minimum Gasteiger partial charge on any atom is -0.481 e. The molecule has 0 bridgehead atoms. The molecule has 1 aliphatic rings. The van der Waals surface area contributed by atoms with Gasteiger partial charge in [0.2, 0.25) is 0 Å². The lowest BCUT2D eigenvalue weighted by atomic mass is 10.1. The van der Waals surface area contributed by atoms with Crippen molar-refractivity contribution in [2.75, 3.05) is 7.05 Å². The van der Waals surface area contributed by atoms with Crippen LogP contribution in [0.3, 0.4) is 0 Å². The Hall–Kier alpha value is -1.82. The molecule has 21 heavy (non-hydrogen) atoms. The number of rotatable bonds is 4. The van der Waals surface area contributed by atoms with Crippen molar-refractivity contribution < 1.29 is 14.7 Å². The van der Waals surface area contributed by atoms with Crippen LogP contribution in [0.1, 0.15) is 12.0 Å². The summed E-state index contributed by atoms with van der Waals surface area (Å²) in [5, 5.41) is 11.7. The fraction of sp³-hybridized carbons (Fsp3) is 0.333. The van der Waals surface area contributed by atoms with E-state index in [1.54, 1.807) is 24.1 Å². The van der Waals surface area contributed by atoms with Gasteiger partial charge in [-0.2, -0.15) is 0 Å². The molecule has 2 unspecified atom stereocenters. The lowest BCUT2D eigenvalue weighted by molar-refractivity contribution is -0.140. The highest BCUT2D eigenvalue weighted by atomic mass is 79.9. The number of carbonyl (C=O) groups excluding carboxylic acids is 1.